The second-order valence-corrected chi connectivity index (χ2v) is 8.93. The van der Waals surface area contributed by atoms with Crippen LogP contribution in [0, 0.1) is 0 Å². The fraction of sp³-hybridized carbons (Fsp3) is 0.423. The van der Waals surface area contributed by atoms with Gasteiger partial charge in [-0.05, 0) is 68.0 Å². The smallest absolute Gasteiger partial charge is 0.367 e. The van der Waals surface area contributed by atoms with E-state index in [1.54, 1.807) is 0 Å². The molecule has 1 aromatic heterocycles. The van der Waals surface area contributed by atoms with Crippen LogP contribution in [0.4, 0.5) is 11.4 Å². The molecule has 0 saturated carbocycles. The highest BCUT2D eigenvalue weighted by molar-refractivity contribution is 6.42. The lowest BCUT2D eigenvalue weighted by atomic mass is 9.91. The standard InChI is InChI=1S/C26H32N5O2/c1-5-33-26(32)23(25-28(2)21-12-6-7-13-22(21)29(25)3)27-30(4)20-16-18-10-8-14-31-15-9-11-19(17-20)24(18)31/h6-7,12-13,16-17H,5,8-11,14-15H2,1-4H3/q+1. The van der Waals surface area contributed by atoms with Crippen molar-refractivity contribution < 1.29 is 14.1 Å². The molecule has 2 aliphatic rings. The average molecular weight is 447 g/mol. The maximum Gasteiger partial charge on any atom is 0.367 e. The number of hydrazone groups is 1. The molecule has 33 heavy (non-hydrogen) atoms. The first-order chi connectivity index (χ1) is 16.0. The minimum Gasteiger partial charge on any atom is -0.461 e. The molecule has 3 heterocycles. The summed E-state index contributed by atoms with van der Waals surface area (Å²) in [5.74, 6) is 0.295. The van der Waals surface area contributed by atoms with Crippen molar-refractivity contribution in [3.05, 3.63) is 53.3 Å². The van der Waals surface area contributed by atoms with Crippen LogP contribution in [0.15, 0.2) is 41.5 Å². The minimum absolute atomic E-state index is 0.300. The number of imidazole rings is 1. The summed E-state index contributed by atoms with van der Waals surface area (Å²) in [4.78, 5) is 15.6. The summed E-state index contributed by atoms with van der Waals surface area (Å²) in [7, 11) is 5.84. The number of carbonyl (C=O) groups is 1. The van der Waals surface area contributed by atoms with Crippen LogP contribution in [0.2, 0.25) is 0 Å². The molecule has 0 fully saturated rings. The van der Waals surface area contributed by atoms with Crippen LogP contribution >= 0.6 is 0 Å². The predicted molar refractivity (Wildman–Crippen MR) is 131 cm³/mol. The third kappa shape index (κ3) is 3.65. The van der Waals surface area contributed by atoms with Gasteiger partial charge in [-0.3, -0.25) is 5.01 Å². The molecule has 0 amide bonds. The minimum atomic E-state index is -0.420. The van der Waals surface area contributed by atoms with Gasteiger partial charge in [0.25, 0.3) is 5.71 Å². The molecule has 3 aromatic rings. The third-order valence-electron chi connectivity index (χ3n) is 6.86. The van der Waals surface area contributed by atoms with Gasteiger partial charge in [0.2, 0.25) is 0 Å². The van der Waals surface area contributed by atoms with Crippen LogP contribution in [-0.4, -0.2) is 43.0 Å². The number of para-hydroxylation sites is 2. The number of aromatic nitrogens is 2. The molecule has 0 atom stereocenters. The number of ether oxygens (including phenoxy) is 1. The fourth-order valence-corrected chi connectivity index (χ4v) is 5.36. The van der Waals surface area contributed by atoms with Crippen molar-refractivity contribution in [1.29, 1.82) is 0 Å². The zero-order valence-corrected chi connectivity index (χ0v) is 20.0. The van der Waals surface area contributed by atoms with Gasteiger partial charge in [-0.15, -0.1) is 0 Å². The molecule has 0 radical (unpaired) electrons. The van der Waals surface area contributed by atoms with E-state index in [1.807, 2.05) is 66.5 Å². The Morgan fingerprint density at radius 2 is 1.82 bits per heavy atom. The van der Waals surface area contributed by atoms with E-state index >= 15 is 0 Å². The number of anilines is 2. The molecule has 0 aliphatic carbocycles. The maximum atomic E-state index is 13.1. The number of aryl methyl sites for hydroxylation is 4. The monoisotopic (exact) mass is 446 g/mol. The average Bonchev–Trinajstić information content (AvgIpc) is 3.08. The fourth-order valence-electron chi connectivity index (χ4n) is 5.36. The Bertz CT molecular complexity index is 1190. The molecule has 7 heteroatoms. The lowest BCUT2D eigenvalue weighted by Crippen LogP contribution is -2.40. The van der Waals surface area contributed by atoms with Gasteiger partial charge in [0.15, 0.2) is 11.0 Å². The molecule has 172 valence electrons. The molecule has 7 nitrogen and oxygen atoms in total. The molecule has 2 aliphatic heterocycles. The van der Waals surface area contributed by atoms with E-state index in [4.69, 9.17) is 9.84 Å². The second kappa shape index (κ2) is 8.54. The number of benzene rings is 2. The van der Waals surface area contributed by atoms with Gasteiger partial charge >= 0.3 is 11.8 Å². The summed E-state index contributed by atoms with van der Waals surface area (Å²) in [6, 6.07) is 12.6. The quantitative estimate of drug-likeness (QED) is 0.262. The van der Waals surface area contributed by atoms with Crippen molar-refractivity contribution in [1.82, 2.24) is 4.57 Å². The van der Waals surface area contributed by atoms with Crippen molar-refractivity contribution in [2.75, 3.05) is 36.7 Å². The van der Waals surface area contributed by atoms with Crippen LogP contribution in [0.3, 0.4) is 0 Å². The summed E-state index contributed by atoms with van der Waals surface area (Å²) in [6.07, 6.45) is 4.55. The van der Waals surface area contributed by atoms with Crippen molar-refractivity contribution >= 4 is 34.1 Å². The molecule has 5 rings (SSSR count). The first-order valence-electron chi connectivity index (χ1n) is 11.8. The Morgan fingerprint density at radius 3 is 2.45 bits per heavy atom. The summed E-state index contributed by atoms with van der Waals surface area (Å²) in [6.45, 7) is 4.42. The van der Waals surface area contributed by atoms with E-state index in [0.717, 1.165) is 42.7 Å². The van der Waals surface area contributed by atoms with Gasteiger partial charge in [0, 0.05) is 25.8 Å². The van der Waals surface area contributed by atoms with Gasteiger partial charge in [-0.2, -0.15) is 5.10 Å². The maximum absolute atomic E-state index is 13.1. The molecule has 0 saturated heterocycles. The van der Waals surface area contributed by atoms with E-state index in [0.29, 0.717) is 18.1 Å². The first kappa shape index (κ1) is 21.5. The topological polar surface area (TPSA) is 54.0 Å². The van der Waals surface area contributed by atoms with Crippen LogP contribution in [0.25, 0.3) is 11.0 Å². The highest BCUT2D eigenvalue weighted by Gasteiger charge is 2.32. The summed E-state index contributed by atoms with van der Waals surface area (Å²) in [5.41, 5.74) is 7.59. The second-order valence-electron chi connectivity index (χ2n) is 8.93. The number of hydrogen-bond donors (Lipinski definition) is 0. The van der Waals surface area contributed by atoms with Crippen molar-refractivity contribution in [3.63, 3.8) is 0 Å². The number of hydrogen-bond acceptors (Lipinski definition) is 5. The van der Waals surface area contributed by atoms with Crippen molar-refractivity contribution in [3.8, 4) is 0 Å². The molecule has 0 N–H and O–H groups in total. The molecule has 0 bridgehead atoms. The van der Waals surface area contributed by atoms with Crippen LogP contribution < -0.4 is 14.5 Å². The molecule has 2 aromatic carbocycles. The Kier molecular flexibility index (Phi) is 5.56. The van der Waals surface area contributed by atoms with Gasteiger partial charge in [0.1, 0.15) is 0 Å². The Hall–Kier alpha value is -3.35. The van der Waals surface area contributed by atoms with Crippen molar-refractivity contribution in [2.24, 2.45) is 19.2 Å². The van der Waals surface area contributed by atoms with E-state index in [9.17, 15) is 4.79 Å². The Morgan fingerprint density at radius 1 is 1.15 bits per heavy atom. The number of fused-ring (bicyclic) bond motifs is 1. The Labute approximate surface area is 194 Å². The summed E-state index contributed by atoms with van der Waals surface area (Å²) < 4.78 is 9.44. The van der Waals surface area contributed by atoms with Gasteiger partial charge in [-0.25, -0.2) is 13.9 Å². The van der Waals surface area contributed by atoms with Crippen molar-refractivity contribution in [2.45, 2.75) is 32.6 Å². The molecule has 0 unspecified atom stereocenters. The van der Waals surface area contributed by atoms with Gasteiger partial charge in [0.05, 0.1) is 26.4 Å². The molecule has 0 spiro atoms. The van der Waals surface area contributed by atoms with E-state index < -0.39 is 5.97 Å². The van der Waals surface area contributed by atoms with Gasteiger partial charge < -0.3 is 9.64 Å². The van der Waals surface area contributed by atoms with Crippen LogP contribution in [0.5, 0.6) is 0 Å². The first-order valence-corrected chi connectivity index (χ1v) is 11.8. The number of nitrogens with zero attached hydrogens (tertiary/aromatic N) is 5. The lowest BCUT2D eigenvalue weighted by Gasteiger charge is -2.37. The third-order valence-corrected chi connectivity index (χ3v) is 6.86. The van der Waals surface area contributed by atoms with Crippen LogP contribution in [-0.2, 0) is 36.5 Å². The predicted octanol–water partition coefficient (Wildman–Crippen LogP) is 3.11. The highest BCUT2D eigenvalue weighted by Crippen LogP contribution is 2.38. The highest BCUT2D eigenvalue weighted by atomic mass is 16.5. The molecular weight excluding hydrogens is 414 g/mol. The zero-order chi connectivity index (χ0) is 23.1. The SMILES string of the molecule is CCOC(=O)/C(=N\N(C)c1cc2c3c(c1)CCCN3CCC2)c1n(C)c2ccccc2[n+]1C. The number of carbonyl (C=O) groups excluding carboxylic acids is 1. The normalized spacial score (nSPS) is 15.5. The number of esters is 1. The van der Waals surface area contributed by atoms with Gasteiger partial charge in [-0.1, -0.05) is 12.1 Å². The Balaban J connectivity index is 1.61. The van der Waals surface area contributed by atoms with E-state index in [-0.39, 0.29) is 0 Å². The lowest BCUT2D eigenvalue weighted by molar-refractivity contribution is -0.646. The van der Waals surface area contributed by atoms with Crippen LogP contribution in [0.1, 0.15) is 36.7 Å². The van der Waals surface area contributed by atoms with E-state index in [1.165, 1.54) is 29.7 Å². The summed E-state index contributed by atoms with van der Waals surface area (Å²) >= 11 is 0. The largest absolute Gasteiger partial charge is 0.461 e. The van der Waals surface area contributed by atoms with E-state index in [2.05, 4.69) is 17.0 Å². The molecular formula is C26H32N5O2+. The number of rotatable bonds is 5. The summed E-state index contributed by atoms with van der Waals surface area (Å²) in [5, 5.41) is 6.66. The zero-order valence-electron chi connectivity index (χ0n) is 20.0.